The number of likely N-dealkylation sites (N-methyl/N-ethyl adjacent to an activating group) is 1. The first-order chi connectivity index (χ1) is 14.3. The Bertz CT molecular complexity index is 922. The zero-order valence-corrected chi connectivity index (χ0v) is 17.1. The summed E-state index contributed by atoms with van der Waals surface area (Å²) in [6, 6.07) is 8.30. The summed E-state index contributed by atoms with van der Waals surface area (Å²) in [7, 11) is 0. The number of nitrogens with one attached hydrogen (secondary N) is 1. The van der Waals surface area contributed by atoms with Crippen LogP contribution in [-0.4, -0.2) is 75.5 Å². The zero-order valence-electron chi connectivity index (χ0n) is 16.3. The van der Waals surface area contributed by atoms with Crippen molar-refractivity contribution in [2.75, 3.05) is 25.0 Å². The lowest BCUT2D eigenvalue weighted by molar-refractivity contribution is -0.165. The van der Waals surface area contributed by atoms with Crippen LogP contribution in [0.2, 0.25) is 0 Å². The van der Waals surface area contributed by atoms with Crippen molar-refractivity contribution >= 4 is 51.0 Å². The van der Waals surface area contributed by atoms with Gasteiger partial charge >= 0.3 is 11.9 Å². The second-order valence-corrected chi connectivity index (χ2v) is 7.65. The molecule has 30 heavy (non-hydrogen) atoms. The van der Waals surface area contributed by atoms with Gasteiger partial charge in [-0.05, 0) is 48.2 Å². The molecule has 1 aromatic heterocycles. The molecule has 1 aromatic carbocycles. The number of rotatable bonds is 7. The Balaban J connectivity index is 0.000000274. The number of aliphatic hydroxyl groups excluding tert-OH is 2. The molecule has 162 valence electrons. The number of carbonyl (C=O) groups is 3. The van der Waals surface area contributed by atoms with Crippen molar-refractivity contribution in [2.45, 2.75) is 25.6 Å². The monoisotopic (exact) mass is 436 g/mol. The Kier molecular flexibility index (Phi) is 8.48. The highest BCUT2D eigenvalue weighted by Gasteiger charge is 2.29. The lowest BCUT2D eigenvalue weighted by Crippen LogP contribution is -2.39. The molecule has 2 atom stereocenters. The van der Waals surface area contributed by atoms with E-state index < -0.39 is 24.1 Å². The second kappa shape index (κ2) is 10.8. The van der Waals surface area contributed by atoms with Crippen molar-refractivity contribution in [1.29, 1.82) is 0 Å². The van der Waals surface area contributed by atoms with Gasteiger partial charge in [0.2, 0.25) is 6.41 Å². The van der Waals surface area contributed by atoms with Crippen molar-refractivity contribution in [2.24, 2.45) is 0 Å². The SMILES string of the molecule is CCN1CC=C(c2cc3cc(NC=O)ccc3s2)CC1.O=C(O)C(O)C(O)C(=O)O. The molecule has 0 saturated heterocycles. The lowest BCUT2D eigenvalue weighted by Gasteiger charge is -2.24. The number of fused-ring (bicyclic) bond motifs is 1. The molecule has 0 saturated carbocycles. The molecule has 1 aliphatic rings. The summed E-state index contributed by atoms with van der Waals surface area (Å²) in [5, 5.41) is 36.4. The molecule has 0 bridgehead atoms. The molecular weight excluding hydrogens is 412 g/mol. The number of nitrogens with zero attached hydrogens (tertiary/aromatic N) is 1. The quantitative estimate of drug-likeness (QED) is 0.410. The van der Waals surface area contributed by atoms with Gasteiger partial charge < -0.3 is 25.7 Å². The number of aliphatic carboxylic acids is 2. The normalized spacial score (nSPS) is 16.0. The standard InChI is InChI=1S/C16H18N2OS.C4H6O6/c1-2-18-7-5-12(6-8-18)16-10-13-9-14(17-11-19)3-4-15(13)20-16;5-1(3(7)8)2(6)4(9)10/h3-5,9-11H,2,6-8H2,1H3,(H,17,19);1-2,5-6H,(H,7,8)(H,9,10). The number of carboxylic acids is 2. The van der Waals surface area contributed by atoms with E-state index in [0.717, 1.165) is 38.2 Å². The minimum Gasteiger partial charge on any atom is -0.479 e. The number of carbonyl (C=O) groups excluding carboxylic acids is 1. The van der Waals surface area contributed by atoms with Crippen LogP contribution in [0.5, 0.6) is 0 Å². The van der Waals surface area contributed by atoms with Gasteiger partial charge in [0.25, 0.3) is 0 Å². The van der Waals surface area contributed by atoms with Crippen LogP contribution in [0.25, 0.3) is 15.7 Å². The van der Waals surface area contributed by atoms with E-state index in [1.165, 1.54) is 20.5 Å². The summed E-state index contributed by atoms with van der Waals surface area (Å²) in [5.74, 6) is -3.54. The fourth-order valence-corrected chi connectivity index (χ4v) is 3.96. The third-order valence-corrected chi connectivity index (χ3v) is 5.80. The molecule has 2 heterocycles. The van der Waals surface area contributed by atoms with Crippen LogP contribution in [-0.2, 0) is 14.4 Å². The molecular formula is C20H24N2O7S. The largest absolute Gasteiger partial charge is 0.479 e. The van der Waals surface area contributed by atoms with Crippen molar-refractivity contribution in [3.63, 3.8) is 0 Å². The first-order valence-corrected chi connectivity index (χ1v) is 10.1. The molecule has 0 radical (unpaired) electrons. The molecule has 0 aliphatic carbocycles. The molecule has 3 rings (SSSR count). The summed E-state index contributed by atoms with van der Waals surface area (Å²) in [6.07, 6.45) is -0.338. The van der Waals surface area contributed by atoms with Crippen LogP contribution >= 0.6 is 11.3 Å². The predicted octanol–water partition coefficient (Wildman–Crippen LogP) is 1.46. The van der Waals surface area contributed by atoms with Gasteiger partial charge in [-0.15, -0.1) is 11.3 Å². The van der Waals surface area contributed by atoms with Crippen LogP contribution < -0.4 is 5.32 Å². The number of anilines is 1. The first kappa shape index (κ1) is 23.5. The molecule has 5 N–H and O–H groups in total. The summed E-state index contributed by atoms with van der Waals surface area (Å²) in [4.78, 5) is 33.9. The lowest BCUT2D eigenvalue weighted by atomic mass is 10.1. The van der Waals surface area contributed by atoms with E-state index in [9.17, 15) is 14.4 Å². The van der Waals surface area contributed by atoms with E-state index in [1.807, 2.05) is 23.5 Å². The Morgan fingerprint density at radius 3 is 2.37 bits per heavy atom. The third-order valence-electron chi connectivity index (χ3n) is 4.60. The Morgan fingerprint density at radius 1 is 1.20 bits per heavy atom. The highest BCUT2D eigenvalue weighted by Crippen LogP contribution is 2.34. The Hall–Kier alpha value is -2.79. The highest BCUT2D eigenvalue weighted by atomic mass is 32.1. The van der Waals surface area contributed by atoms with Gasteiger partial charge in [-0.3, -0.25) is 9.69 Å². The maximum atomic E-state index is 10.5. The third kappa shape index (κ3) is 6.10. The fraction of sp³-hybridized carbons (Fsp3) is 0.350. The summed E-state index contributed by atoms with van der Waals surface area (Å²) in [6.45, 7) is 5.53. The second-order valence-electron chi connectivity index (χ2n) is 6.56. The van der Waals surface area contributed by atoms with Crippen LogP contribution in [0.3, 0.4) is 0 Å². The number of hydrogen-bond acceptors (Lipinski definition) is 7. The summed E-state index contributed by atoms with van der Waals surface area (Å²) in [5.41, 5.74) is 2.31. The summed E-state index contributed by atoms with van der Waals surface area (Å²) >= 11 is 1.84. The van der Waals surface area contributed by atoms with Gasteiger partial charge in [0.05, 0.1) is 0 Å². The number of aliphatic hydroxyl groups is 2. The van der Waals surface area contributed by atoms with E-state index in [2.05, 4.69) is 35.3 Å². The Labute approximate surface area is 176 Å². The molecule has 0 spiro atoms. The number of carboxylic acid groups (broad SMARTS) is 2. The van der Waals surface area contributed by atoms with Crippen LogP contribution in [0.15, 0.2) is 30.3 Å². The average molecular weight is 436 g/mol. The maximum absolute atomic E-state index is 10.5. The van der Waals surface area contributed by atoms with E-state index in [1.54, 1.807) is 0 Å². The highest BCUT2D eigenvalue weighted by molar-refractivity contribution is 7.20. The van der Waals surface area contributed by atoms with Gasteiger partial charge in [0.1, 0.15) is 0 Å². The topological polar surface area (TPSA) is 147 Å². The molecule has 2 aromatic rings. The van der Waals surface area contributed by atoms with Crippen molar-refractivity contribution in [3.8, 4) is 0 Å². The number of thiophene rings is 1. The van der Waals surface area contributed by atoms with Gasteiger partial charge in [-0.2, -0.15) is 0 Å². The van der Waals surface area contributed by atoms with Gasteiger partial charge in [0, 0.05) is 28.4 Å². The van der Waals surface area contributed by atoms with Crippen molar-refractivity contribution < 1.29 is 34.8 Å². The molecule has 1 amide bonds. The zero-order chi connectivity index (χ0) is 22.3. The van der Waals surface area contributed by atoms with E-state index in [-0.39, 0.29) is 0 Å². The number of benzene rings is 1. The van der Waals surface area contributed by atoms with Crippen LogP contribution in [0.1, 0.15) is 18.2 Å². The van der Waals surface area contributed by atoms with E-state index in [4.69, 9.17) is 20.4 Å². The maximum Gasteiger partial charge on any atom is 0.335 e. The predicted molar refractivity (Wildman–Crippen MR) is 114 cm³/mol. The molecule has 1 aliphatic heterocycles. The first-order valence-electron chi connectivity index (χ1n) is 9.24. The molecule has 9 nitrogen and oxygen atoms in total. The van der Waals surface area contributed by atoms with Gasteiger partial charge in [-0.1, -0.05) is 13.0 Å². The smallest absolute Gasteiger partial charge is 0.335 e. The number of hydrogen-bond donors (Lipinski definition) is 5. The van der Waals surface area contributed by atoms with Crippen molar-refractivity contribution in [1.82, 2.24) is 4.90 Å². The fourth-order valence-electron chi connectivity index (χ4n) is 2.85. The minimum atomic E-state index is -2.27. The minimum absolute atomic E-state index is 0.720. The van der Waals surface area contributed by atoms with Gasteiger partial charge in [-0.25, -0.2) is 9.59 Å². The molecule has 2 unspecified atom stereocenters. The average Bonchev–Trinajstić information content (AvgIpc) is 3.16. The van der Waals surface area contributed by atoms with E-state index in [0.29, 0.717) is 0 Å². The Morgan fingerprint density at radius 2 is 1.87 bits per heavy atom. The number of amides is 1. The van der Waals surface area contributed by atoms with E-state index >= 15 is 0 Å². The van der Waals surface area contributed by atoms with Crippen LogP contribution in [0, 0.1) is 0 Å². The molecule has 10 heteroatoms. The van der Waals surface area contributed by atoms with Crippen molar-refractivity contribution in [3.05, 3.63) is 35.2 Å². The van der Waals surface area contributed by atoms with Gasteiger partial charge in [0.15, 0.2) is 12.2 Å². The van der Waals surface area contributed by atoms with Crippen LogP contribution in [0.4, 0.5) is 5.69 Å². The summed E-state index contributed by atoms with van der Waals surface area (Å²) < 4.78 is 1.27. The molecule has 0 fully saturated rings.